The molecule has 25 heavy (non-hydrogen) atoms. The number of benzene rings is 1. The molecule has 0 fully saturated rings. The van der Waals surface area contributed by atoms with Crippen LogP contribution in [0, 0.1) is 21.4 Å². The second kappa shape index (κ2) is 7.70. The summed E-state index contributed by atoms with van der Waals surface area (Å²) >= 11 is 0. The van der Waals surface area contributed by atoms with E-state index in [1.54, 1.807) is 30.0 Å². The van der Waals surface area contributed by atoms with Crippen molar-refractivity contribution in [2.45, 2.75) is 0 Å². The molecule has 2 aromatic rings. The van der Waals surface area contributed by atoms with E-state index in [2.05, 4.69) is 9.99 Å². The van der Waals surface area contributed by atoms with Gasteiger partial charge in [0.2, 0.25) is 0 Å². The molecule has 0 aliphatic rings. The van der Waals surface area contributed by atoms with Gasteiger partial charge in [0, 0.05) is 42.2 Å². The predicted molar refractivity (Wildman–Crippen MR) is 91.0 cm³/mol. The number of ketones is 1. The lowest BCUT2D eigenvalue weighted by Gasteiger charge is -1.97. The van der Waals surface area contributed by atoms with Crippen LogP contribution in [-0.2, 0) is 11.9 Å². The van der Waals surface area contributed by atoms with Crippen LogP contribution in [-0.4, -0.2) is 28.6 Å². The number of nitrogens with zero attached hydrogens (tertiary/aromatic N) is 4. The third kappa shape index (κ3) is 4.17. The molecule has 0 aliphatic heterocycles. The minimum Gasteiger partial charge on any atom is -0.399 e. The first-order valence-electron chi connectivity index (χ1n) is 7.10. The molecule has 2 rings (SSSR count). The van der Waals surface area contributed by atoms with Crippen molar-refractivity contribution >= 4 is 23.8 Å². The molecule has 0 amide bonds. The minimum atomic E-state index is -0.523. The zero-order valence-electron chi connectivity index (χ0n) is 13.5. The van der Waals surface area contributed by atoms with Gasteiger partial charge in [-0.1, -0.05) is 5.16 Å². The highest BCUT2D eigenvalue weighted by Crippen LogP contribution is 2.18. The number of carbonyl (C=O) groups excluding carboxylic acids is 1. The normalized spacial score (nSPS) is 11.3. The van der Waals surface area contributed by atoms with E-state index < -0.39 is 4.92 Å². The largest absolute Gasteiger partial charge is 0.399 e. The number of nitro benzene ring substituents is 1. The van der Waals surface area contributed by atoms with Gasteiger partial charge in [-0.3, -0.25) is 14.9 Å². The van der Waals surface area contributed by atoms with Gasteiger partial charge in [0.1, 0.15) is 13.2 Å². The van der Waals surface area contributed by atoms with Gasteiger partial charge in [0.25, 0.3) is 5.69 Å². The third-order valence-electron chi connectivity index (χ3n) is 3.38. The zero-order valence-corrected chi connectivity index (χ0v) is 13.5. The summed E-state index contributed by atoms with van der Waals surface area (Å²) in [5.41, 5.74) is 1.56. The highest BCUT2D eigenvalue weighted by molar-refractivity contribution is 6.09. The maximum atomic E-state index is 12.5. The number of hydrogen-bond acceptors (Lipinski definition) is 6. The number of non-ortho nitro benzene ring substituents is 1. The van der Waals surface area contributed by atoms with Gasteiger partial charge >= 0.3 is 0 Å². The number of nitriles is 1. The van der Waals surface area contributed by atoms with Crippen LogP contribution in [0.15, 0.2) is 47.3 Å². The molecule has 0 radical (unpaired) electrons. The Labute approximate surface area is 143 Å². The number of nitro groups is 1. The molecule has 126 valence electrons. The quantitative estimate of drug-likeness (QED) is 0.264. The Morgan fingerprint density at radius 2 is 2.04 bits per heavy atom. The Bertz CT molecular complexity index is 902. The van der Waals surface area contributed by atoms with Crippen molar-refractivity contribution in [1.82, 2.24) is 4.57 Å². The van der Waals surface area contributed by atoms with Crippen molar-refractivity contribution in [2.75, 3.05) is 7.11 Å². The maximum absolute atomic E-state index is 12.5. The van der Waals surface area contributed by atoms with Crippen LogP contribution in [0.25, 0.3) is 6.08 Å². The van der Waals surface area contributed by atoms with Gasteiger partial charge in [-0.05, 0) is 24.3 Å². The predicted octanol–water partition coefficient (Wildman–Crippen LogP) is 2.70. The highest BCUT2D eigenvalue weighted by Gasteiger charge is 2.14. The number of aromatic nitrogens is 1. The van der Waals surface area contributed by atoms with E-state index in [4.69, 9.17) is 5.26 Å². The molecule has 0 unspecified atom stereocenters. The van der Waals surface area contributed by atoms with Crippen LogP contribution >= 0.6 is 0 Å². The number of hydrogen-bond donors (Lipinski definition) is 0. The molecule has 0 atom stereocenters. The first-order chi connectivity index (χ1) is 12.0. The fraction of sp³-hybridized carbons (Fsp3) is 0.118. The fourth-order valence-corrected chi connectivity index (χ4v) is 2.12. The zero-order chi connectivity index (χ0) is 18.4. The lowest BCUT2D eigenvalue weighted by Crippen LogP contribution is -2.00. The van der Waals surface area contributed by atoms with E-state index in [-0.39, 0.29) is 17.0 Å². The molecule has 1 aromatic heterocycles. The highest BCUT2D eigenvalue weighted by atomic mass is 16.6. The third-order valence-corrected chi connectivity index (χ3v) is 3.38. The molecule has 0 N–H and O–H groups in total. The standard InChI is InChI=1S/C17H14N4O4/c1-20-11-14(8-16(20)7-12(9-18)10-19-25-2)17(22)13-3-5-15(6-4-13)21(23)24/h3-8,10-11H,1-2H3/b12-7+,19-10-. The summed E-state index contributed by atoms with van der Waals surface area (Å²) in [6.07, 6.45) is 4.46. The Morgan fingerprint density at radius 3 is 2.60 bits per heavy atom. The smallest absolute Gasteiger partial charge is 0.269 e. The van der Waals surface area contributed by atoms with E-state index >= 15 is 0 Å². The van der Waals surface area contributed by atoms with Gasteiger partial charge in [-0.25, -0.2) is 0 Å². The molecule has 0 spiro atoms. The maximum Gasteiger partial charge on any atom is 0.269 e. The van der Waals surface area contributed by atoms with Crippen molar-refractivity contribution in [2.24, 2.45) is 12.2 Å². The summed E-state index contributed by atoms with van der Waals surface area (Å²) in [4.78, 5) is 27.2. The average molecular weight is 338 g/mol. The minimum absolute atomic E-state index is 0.0793. The van der Waals surface area contributed by atoms with Gasteiger partial charge in [0.05, 0.1) is 16.7 Å². The van der Waals surface area contributed by atoms with Crippen LogP contribution in [0.5, 0.6) is 0 Å². The number of aryl methyl sites for hydroxylation is 1. The molecule has 0 saturated carbocycles. The fourth-order valence-electron chi connectivity index (χ4n) is 2.12. The number of allylic oxidation sites excluding steroid dienone is 1. The molecular weight excluding hydrogens is 324 g/mol. The summed E-state index contributed by atoms with van der Waals surface area (Å²) in [6, 6.07) is 8.99. The number of oxime groups is 1. The van der Waals surface area contributed by atoms with Crippen LogP contribution in [0.1, 0.15) is 21.6 Å². The molecule has 0 bridgehead atoms. The Morgan fingerprint density at radius 1 is 1.36 bits per heavy atom. The number of carbonyl (C=O) groups is 1. The first-order valence-corrected chi connectivity index (χ1v) is 7.10. The van der Waals surface area contributed by atoms with E-state index in [1.807, 2.05) is 6.07 Å². The summed E-state index contributed by atoms with van der Waals surface area (Å²) in [6.45, 7) is 0. The molecule has 1 aromatic carbocycles. The molecular formula is C17H14N4O4. The molecule has 8 heteroatoms. The van der Waals surface area contributed by atoms with Crippen LogP contribution in [0.2, 0.25) is 0 Å². The van der Waals surface area contributed by atoms with Gasteiger partial charge < -0.3 is 9.40 Å². The molecule has 8 nitrogen and oxygen atoms in total. The van der Waals surface area contributed by atoms with Crippen LogP contribution < -0.4 is 0 Å². The number of rotatable bonds is 6. The van der Waals surface area contributed by atoms with E-state index in [0.29, 0.717) is 16.8 Å². The van der Waals surface area contributed by atoms with E-state index in [0.717, 1.165) is 0 Å². The van der Waals surface area contributed by atoms with Crippen molar-refractivity contribution in [1.29, 1.82) is 5.26 Å². The van der Waals surface area contributed by atoms with Gasteiger partial charge in [-0.15, -0.1) is 0 Å². The summed E-state index contributed by atoms with van der Waals surface area (Å²) in [7, 11) is 3.11. The topological polar surface area (TPSA) is 111 Å². The lowest BCUT2D eigenvalue weighted by atomic mass is 10.1. The van der Waals surface area contributed by atoms with E-state index in [9.17, 15) is 14.9 Å². The average Bonchev–Trinajstić information content (AvgIpc) is 2.98. The molecule has 0 saturated heterocycles. The SMILES string of the molecule is CO/N=C\C(C#N)=C\c1cc(C(=O)c2ccc([N+](=O)[O-])cc2)cn1C. The van der Waals surface area contributed by atoms with Crippen molar-refractivity contribution in [3.05, 3.63) is 69.0 Å². The Kier molecular flexibility index (Phi) is 5.43. The van der Waals surface area contributed by atoms with Crippen molar-refractivity contribution < 1.29 is 14.6 Å². The Hall–Kier alpha value is -3.73. The molecule has 0 aliphatic carbocycles. The van der Waals surface area contributed by atoms with Crippen LogP contribution in [0.4, 0.5) is 5.69 Å². The Balaban J connectivity index is 2.31. The summed E-state index contributed by atoms with van der Waals surface area (Å²) in [5, 5.41) is 23.3. The second-order valence-electron chi connectivity index (χ2n) is 5.03. The monoisotopic (exact) mass is 338 g/mol. The first kappa shape index (κ1) is 17.6. The molecule has 1 heterocycles. The second-order valence-corrected chi connectivity index (χ2v) is 5.03. The van der Waals surface area contributed by atoms with Crippen LogP contribution in [0.3, 0.4) is 0 Å². The lowest BCUT2D eigenvalue weighted by molar-refractivity contribution is -0.384. The van der Waals surface area contributed by atoms with Crippen molar-refractivity contribution in [3.63, 3.8) is 0 Å². The van der Waals surface area contributed by atoms with E-state index in [1.165, 1.54) is 37.6 Å². The van der Waals surface area contributed by atoms with Gasteiger partial charge in [-0.2, -0.15) is 5.26 Å². The summed E-state index contributed by atoms with van der Waals surface area (Å²) < 4.78 is 1.69. The van der Waals surface area contributed by atoms with Crippen molar-refractivity contribution in [3.8, 4) is 6.07 Å². The summed E-state index contributed by atoms with van der Waals surface area (Å²) in [5.74, 6) is -0.269. The van der Waals surface area contributed by atoms with Gasteiger partial charge in [0.15, 0.2) is 5.78 Å².